The molecule has 1 aromatic rings. The summed E-state index contributed by atoms with van der Waals surface area (Å²) in [5.41, 5.74) is 1.33. The van der Waals surface area contributed by atoms with Crippen LogP contribution in [0.3, 0.4) is 0 Å². The topological polar surface area (TPSA) is 60.0 Å². The normalized spacial score (nSPS) is 21.5. The highest BCUT2D eigenvalue weighted by atomic mass is 16.2. The van der Waals surface area contributed by atoms with Crippen molar-refractivity contribution in [2.24, 2.45) is 10.9 Å². The molecule has 2 aliphatic heterocycles. The summed E-state index contributed by atoms with van der Waals surface area (Å²) in [7, 11) is 0. The highest BCUT2D eigenvalue weighted by molar-refractivity contribution is 5.81. The van der Waals surface area contributed by atoms with Crippen molar-refractivity contribution in [2.75, 3.05) is 45.8 Å². The summed E-state index contributed by atoms with van der Waals surface area (Å²) < 4.78 is 0. The Kier molecular flexibility index (Phi) is 9.00. The second kappa shape index (κ2) is 11.9. The van der Waals surface area contributed by atoms with Gasteiger partial charge >= 0.3 is 0 Å². The van der Waals surface area contributed by atoms with Crippen LogP contribution in [0.2, 0.25) is 0 Å². The molecular weight excluding hydrogens is 374 g/mol. The molecule has 0 radical (unpaired) electrons. The Morgan fingerprint density at radius 3 is 2.60 bits per heavy atom. The van der Waals surface area contributed by atoms with Gasteiger partial charge in [-0.15, -0.1) is 0 Å². The molecule has 0 saturated carbocycles. The van der Waals surface area contributed by atoms with Crippen LogP contribution in [0.5, 0.6) is 0 Å². The summed E-state index contributed by atoms with van der Waals surface area (Å²) in [6.45, 7) is 10.6. The molecule has 30 heavy (non-hydrogen) atoms. The zero-order chi connectivity index (χ0) is 21.2. The summed E-state index contributed by atoms with van der Waals surface area (Å²) in [5, 5.41) is 6.71. The van der Waals surface area contributed by atoms with Gasteiger partial charge < -0.3 is 15.5 Å². The lowest BCUT2D eigenvalue weighted by Gasteiger charge is -2.31. The first kappa shape index (κ1) is 22.6. The van der Waals surface area contributed by atoms with Gasteiger partial charge in [0.05, 0.1) is 12.6 Å². The minimum absolute atomic E-state index is 0.254. The monoisotopic (exact) mass is 413 g/mol. The Morgan fingerprint density at radius 1 is 1.13 bits per heavy atom. The molecule has 0 bridgehead atoms. The van der Waals surface area contributed by atoms with Crippen LogP contribution in [-0.4, -0.2) is 67.5 Å². The maximum Gasteiger partial charge on any atom is 0.224 e. The number of guanidine groups is 1. The highest BCUT2D eigenvalue weighted by Gasteiger charge is 2.23. The summed E-state index contributed by atoms with van der Waals surface area (Å²) in [6, 6.07) is 11.0. The molecule has 1 amide bonds. The number of piperidine rings is 1. The van der Waals surface area contributed by atoms with Crippen LogP contribution in [0, 0.1) is 5.92 Å². The molecule has 1 aromatic carbocycles. The molecule has 2 fully saturated rings. The molecule has 2 heterocycles. The van der Waals surface area contributed by atoms with Crippen LogP contribution in [0.1, 0.15) is 57.6 Å². The molecule has 2 N–H and O–H groups in total. The van der Waals surface area contributed by atoms with Crippen molar-refractivity contribution in [3.8, 4) is 0 Å². The molecule has 6 heteroatoms. The zero-order valence-corrected chi connectivity index (χ0v) is 18.8. The molecule has 0 spiro atoms. The molecule has 2 unspecified atom stereocenters. The molecule has 2 atom stereocenters. The fourth-order valence-corrected chi connectivity index (χ4v) is 4.54. The van der Waals surface area contributed by atoms with Crippen LogP contribution < -0.4 is 10.6 Å². The van der Waals surface area contributed by atoms with E-state index in [1.165, 1.54) is 24.8 Å². The average Bonchev–Trinajstić information content (AvgIpc) is 3.29. The summed E-state index contributed by atoms with van der Waals surface area (Å²) >= 11 is 0. The SMILES string of the molecule is CCNC(=NCC(c1ccccc1)N1CCCC1)NCCC(=O)N1CCCC(C)C1. The van der Waals surface area contributed by atoms with Crippen molar-refractivity contribution in [1.29, 1.82) is 0 Å². The molecule has 6 nitrogen and oxygen atoms in total. The summed E-state index contributed by atoms with van der Waals surface area (Å²) in [4.78, 5) is 22.0. The first-order valence-electron chi connectivity index (χ1n) is 11.8. The van der Waals surface area contributed by atoms with E-state index in [2.05, 4.69) is 59.7 Å². The van der Waals surface area contributed by atoms with Crippen LogP contribution in [0.4, 0.5) is 0 Å². The quantitative estimate of drug-likeness (QED) is 0.508. The number of rotatable bonds is 8. The number of nitrogens with zero attached hydrogens (tertiary/aromatic N) is 3. The van der Waals surface area contributed by atoms with E-state index < -0.39 is 0 Å². The Bertz CT molecular complexity index is 671. The molecule has 166 valence electrons. The second-order valence-electron chi connectivity index (χ2n) is 8.65. The van der Waals surface area contributed by atoms with Crippen LogP contribution in [0.25, 0.3) is 0 Å². The lowest BCUT2D eigenvalue weighted by Crippen LogP contribution is -2.42. The number of aliphatic imine (C=N–C) groups is 1. The highest BCUT2D eigenvalue weighted by Crippen LogP contribution is 2.25. The third-order valence-electron chi connectivity index (χ3n) is 6.17. The fraction of sp³-hybridized carbons (Fsp3) is 0.667. The Balaban J connectivity index is 1.55. The second-order valence-corrected chi connectivity index (χ2v) is 8.65. The number of carbonyl (C=O) groups is 1. The van der Waals surface area contributed by atoms with E-state index in [1.807, 2.05) is 4.90 Å². The van der Waals surface area contributed by atoms with Crippen LogP contribution in [-0.2, 0) is 4.79 Å². The molecular formula is C24H39N5O. The van der Waals surface area contributed by atoms with Crippen molar-refractivity contribution < 1.29 is 4.79 Å². The van der Waals surface area contributed by atoms with Crippen molar-refractivity contribution >= 4 is 11.9 Å². The first-order chi connectivity index (χ1) is 14.7. The summed E-state index contributed by atoms with van der Waals surface area (Å²) in [6.07, 6.45) is 5.41. The van der Waals surface area contributed by atoms with Crippen LogP contribution in [0.15, 0.2) is 35.3 Å². The number of amides is 1. The Labute approximate surface area is 182 Å². The van der Waals surface area contributed by atoms with Gasteiger partial charge in [-0.2, -0.15) is 0 Å². The van der Waals surface area contributed by atoms with Crippen molar-refractivity contribution in [3.63, 3.8) is 0 Å². The number of carbonyl (C=O) groups excluding carboxylic acids is 1. The third-order valence-corrected chi connectivity index (χ3v) is 6.17. The molecule has 3 rings (SSSR count). The van der Waals surface area contributed by atoms with Gasteiger partial charge in [0.1, 0.15) is 0 Å². The zero-order valence-electron chi connectivity index (χ0n) is 18.8. The lowest BCUT2D eigenvalue weighted by molar-refractivity contribution is -0.132. The van der Waals surface area contributed by atoms with Gasteiger partial charge in [0, 0.05) is 32.6 Å². The van der Waals surface area contributed by atoms with E-state index >= 15 is 0 Å². The molecule has 2 saturated heterocycles. The van der Waals surface area contributed by atoms with Crippen molar-refractivity contribution in [3.05, 3.63) is 35.9 Å². The van der Waals surface area contributed by atoms with E-state index in [0.717, 1.165) is 51.6 Å². The maximum absolute atomic E-state index is 12.5. The standard InChI is InChI=1S/C24H39N5O/c1-3-25-24(26-14-13-23(30)29-17-9-10-20(2)19-29)27-18-22(28-15-7-8-16-28)21-11-5-4-6-12-21/h4-6,11-12,20,22H,3,7-10,13-19H2,1-2H3,(H2,25,26,27). The Hall–Kier alpha value is -2.08. The van der Waals surface area contributed by atoms with Crippen molar-refractivity contribution in [2.45, 2.75) is 52.0 Å². The third kappa shape index (κ3) is 6.73. The van der Waals surface area contributed by atoms with E-state index in [-0.39, 0.29) is 5.91 Å². The van der Waals surface area contributed by atoms with E-state index in [0.29, 0.717) is 24.9 Å². The van der Waals surface area contributed by atoms with E-state index in [1.54, 1.807) is 0 Å². The molecule has 2 aliphatic rings. The number of nitrogens with one attached hydrogen (secondary N) is 2. The van der Waals surface area contributed by atoms with Gasteiger partial charge in [-0.3, -0.25) is 14.7 Å². The predicted octanol–water partition coefficient (Wildman–Crippen LogP) is 3.03. The number of likely N-dealkylation sites (tertiary alicyclic amines) is 2. The molecule has 0 aromatic heterocycles. The van der Waals surface area contributed by atoms with Crippen LogP contribution >= 0.6 is 0 Å². The van der Waals surface area contributed by atoms with Gasteiger partial charge in [-0.1, -0.05) is 37.3 Å². The average molecular weight is 414 g/mol. The fourth-order valence-electron chi connectivity index (χ4n) is 4.54. The van der Waals surface area contributed by atoms with Gasteiger partial charge in [0.25, 0.3) is 0 Å². The first-order valence-corrected chi connectivity index (χ1v) is 11.8. The smallest absolute Gasteiger partial charge is 0.224 e. The van der Waals surface area contributed by atoms with Gasteiger partial charge in [0.2, 0.25) is 5.91 Å². The summed E-state index contributed by atoms with van der Waals surface area (Å²) in [5.74, 6) is 1.68. The minimum atomic E-state index is 0.254. The molecule has 0 aliphatic carbocycles. The largest absolute Gasteiger partial charge is 0.357 e. The minimum Gasteiger partial charge on any atom is -0.357 e. The van der Waals surface area contributed by atoms with E-state index in [9.17, 15) is 4.79 Å². The van der Waals surface area contributed by atoms with Gasteiger partial charge in [0.15, 0.2) is 5.96 Å². The number of hydrogen-bond donors (Lipinski definition) is 2. The van der Waals surface area contributed by atoms with E-state index in [4.69, 9.17) is 4.99 Å². The number of benzene rings is 1. The Morgan fingerprint density at radius 2 is 1.90 bits per heavy atom. The maximum atomic E-state index is 12.5. The van der Waals surface area contributed by atoms with Crippen molar-refractivity contribution in [1.82, 2.24) is 20.4 Å². The van der Waals surface area contributed by atoms with Gasteiger partial charge in [-0.05, 0) is 57.2 Å². The lowest BCUT2D eigenvalue weighted by atomic mass is 10.00. The number of hydrogen-bond acceptors (Lipinski definition) is 3. The predicted molar refractivity (Wildman–Crippen MR) is 124 cm³/mol. The van der Waals surface area contributed by atoms with Gasteiger partial charge in [-0.25, -0.2) is 0 Å².